The number of imidazole rings is 1. The van der Waals surface area contributed by atoms with Gasteiger partial charge in [0.05, 0.1) is 16.0 Å². The number of amides is 1. The van der Waals surface area contributed by atoms with Crippen molar-refractivity contribution in [3.8, 4) is 11.5 Å². The largest absolute Gasteiger partial charge is 0.325 e. The molecule has 2 aromatic heterocycles. The highest BCUT2D eigenvalue weighted by molar-refractivity contribution is 5.92. The number of nitrogens with one attached hydrogen (secondary N) is 1. The predicted octanol–water partition coefficient (Wildman–Crippen LogP) is 3.65. The van der Waals surface area contributed by atoms with Crippen LogP contribution in [-0.4, -0.2) is 25.4 Å². The molecule has 0 radical (unpaired) electrons. The molecule has 8 heteroatoms. The van der Waals surface area contributed by atoms with Gasteiger partial charge in [-0.25, -0.2) is 4.98 Å². The number of anilines is 1. The van der Waals surface area contributed by atoms with Gasteiger partial charge < -0.3 is 9.88 Å². The molecule has 0 aliphatic rings. The fourth-order valence-electron chi connectivity index (χ4n) is 2.94. The Morgan fingerprint density at radius 1 is 1.04 bits per heavy atom. The van der Waals surface area contributed by atoms with E-state index in [1.54, 1.807) is 10.8 Å². The summed E-state index contributed by atoms with van der Waals surface area (Å²) in [7, 11) is 0. The van der Waals surface area contributed by atoms with E-state index in [-0.39, 0.29) is 18.1 Å². The number of nitrogens with zero attached hydrogens (tertiary/aromatic N) is 4. The smallest absolute Gasteiger partial charge is 0.269 e. The Bertz CT molecular complexity index is 1150. The summed E-state index contributed by atoms with van der Waals surface area (Å²) in [4.78, 5) is 31.8. The monoisotopic (exact) mass is 373 g/mol. The summed E-state index contributed by atoms with van der Waals surface area (Å²) in [5.41, 5.74) is 2.71. The lowest BCUT2D eigenvalue weighted by Gasteiger charge is -2.10. The summed E-state index contributed by atoms with van der Waals surface area (Å²) in [5.74, 6) is 0.329. The molecule has 0 aliphatic carbocycles. The van der Waals surface area contributed by atoms with Crippen LogP contribution in [0.3, 0.4) is 0 Å². The average Bonchev–Trinajstić information content (AvgIpc) is 3.07. The van der Waals surface area contributed by atoms with Crippen LogP contribution >= 0.6 is 0 Å². The van der Waals surface area contributed by atoms with E-state index >= 15 is 0 Å². The van der Waals surface area contributed by atoms with Crippen LogP contribution in [0.15, 0.2) is 72.9 Å². The Morgan fingerprint density at radius 2 is 1.79 bits per heavy atom. The number of para-hydroxylation sites is 2. The molecule has 28 heavy (non-hydrogen) atoms. The van der Waals surface area contributed by atoms with Crippen molar-refractivity contribution in [2.24, 2.45) is 0 Å². The number of carbonyl (C=O) groups is 1. The van der Waals surface area contributed by atoms with Crippen LogP contribution in [0.2, 0.25) is 0 Å². The van der Waals surface area contributed by atoms with E-state index in [9.17, 15) is 14.9 Å². The van der Waals surface area contributed by atoms with Gasteiger partial charge in [0, 0.05) is 24.0 Å². The van der Waals surface area contributed by atoms with Crippen LogP contribution < -0.4 is 5.32 Å². The van der Waals surface area contributed by atoms with Gasteiger partial charge in [0.2, 0.25) is 5.91 Å². The number of aromatic nitrogens is 3. The first-order valence-electron chi connectivity index (χ1n) is 8.53. The third kappa shape index (κ3) is 3.43. The SMILES string of the molecule is O=C(Cn1c(-c2ccccn2)nc2ccccc21)Nc1ccc([N+](=O)[O-])cc1. The maximum atomic E-state index is 12.6. The molecule has 0 atom stereocenters. The molecule has 0 saturated heterocycles. The summed E-state index contributed by atoms with van der Waals surface area (Å²) in [6, 6.07) is 18.8. The molecule has 8 nitrogen and oxygen atoms in total. The molecule has 1 N–H and O–H groups in total. The number of benzene rings is 2. The number of hydrogen-bond donors (Lipinski definition) is 1. The van der Waals surface area contributed by atoms with Gasteiger partial charge in [-0.2, -0.15) is 0 Å². The van der Waals surface area contributed by atoms with Gasteiger partial charge in [-0.1, -0.05) is 18.2 Å². The first-order valence-corrected chi connectivity index (χ1v) is 8.53. The molecule has 0 fully saturated rings. The van der Waals surface area contributed by atoms with Crippen molar-refractivity contribution in [1.82, 2.24) is 14.5 Å². The Kier molecular flexibility index (Phi) is 4.51. The lowest BCUT2D eigenvalue weighted by Crippen LogP contribution is -2.19. The third-order valence-electron chi connectivity index (χ3n) is 4.21. The van der Waals surface area contributed by atoms with Crippen molar-refractivity contribution >= 4 is 28.3 Å². The molecule has 4 rings (SSSR count). The molecule has 0 unspecified atom stereocenters. The average molecular weight is 373 g/mol. The standard InChI is InChI=1S/C20H15N5O3/c26-19(22-14-8-10-15(11-9-14)25(27)28)13-24-18-7-2-1-5-16(18)23-20(24)17-6-3-4-12-21-17/h1-12H,13H2,(H,22,26). The fraction of sp³-hybridized carbons (Fsp3) is 0.0500. The lowest BCUT2D eigenvalue weighted by atomic mass is 10.3. The van der Waals surface area contributed by atoms with E-state index in [1.165, 1.54) is 24.3 Å². The topological polar surface area (TPSA) is 103 Å². The summed E-state index contributed by atoms with van der Waals surface area (Å²) >= 11 is 0. The summed E-state index contributed by atoms with van der Waals surface area (Å²) in [5, 5.41) is 13.5. The number of nitro groups is 1. The molecule has 2 heterocycles. The number of non-ortho nitro benzene ring substituents is 1. The third-order valence-corrected chi connectivity index (χ3v) is 4.21. The van der Waals surface area contributed by atoms with Crippen LogP contribution in [0.25, 0.3) is 22.6 Å². The highest BCUT2D eigenvalue weighted by atomic mass is 16.6. The molecule has 0 bridgehead atoms. The number of nitro benzene ring substituents is 1. The van der Waals surface area contributed by atoms with Crippen molar-refractivity contribution in [2.75, 3.05) is 5.32 Å². The second kappa shape index (κ2) is 7.28. The number of carbonyl (C=O) groups excluding carboxylic acids is 1. The number of pyridine rings is 1. The van der Waals surface area contributed by atoms with Crippen molar-refractivity contribution in [1.29, 1.82) is 0 Å². The Balaban J connectivity index is 1.63. The summed E-state index contributed by atoms with van der Waals surface area (Å²) in [6.45, 7) is 0.0312. The molecule has 4 aromatic rings. The Morgan fingerprint density at radius 3 is 2.50 bits per heavy atom. The molecule has 0 saturated carbocycles. The second-order valence-electron chi connectivity index (χ2n) is 6.08. The van der Waals surface area contributed by atoms with Gasteiger partial charge in [0.25, 0.3) is 5.69 Å². The van der Waals surface area contributed by atoms with Crippen LogP contribution in [0.1, 0.15) is 0 Å². The summed E-state index contributed by atoms with van der Waals surface area (Å²) in [6.07, 6.45) is 1.68. The molecular formula is C20H15N5O3. The van der Waals surface area contributed by atoms with Gasteiger partial charge in [-0.05, 0) is 36.4 Å². The molecule has 138 valence electrons. The number of fused-ring (bicyclic) bond motifs is 1. The first kappa shape index (κ1) is 17.3. The zero-order chi connectivity index (χ0) is 19.5. The lowest BCUT2D eigenvalue weighted by molar-refractivity contribution is -0.384. The molecule has 2 aromatic carbocycles. The minimum Gasteiger partial charge on any atom is -0.325 e. The normalized spacial score (nSPS) is 10.7. The van der Waals surface area contributed by atoms with Crippen molar-refractivity contribution in [2.45, 2.75) is 6.54 Å². The zero-order valence-electron chi connectivity index (χ0n) is 14.6. The minimum atomic E-state index is -0.484. The first-order chi connectivity index (χ1) is 13.6. The van der Waals surface area contributed by atoms with Gasteiger partial charge in [0.15, 0.2) is 5.82 Å². The Labute approximate surface area is 159 Å². The maximum Gasteiger partial charge on any atom is 0.269 e. The molecular weight excluding hydrogens is 358 g/mol. The minimum absolute atomic E-state index is 0.0312. The van der Waals surface area contributed by atoms with Gasteiger partial charge in [-0.3, -0.25) is 19.9 Å². The quantitative estimate of drug-likeness (QED) is 0.425. The van der Waals surface area contributed by atoms with Crippen LogP contribution in [0, 0.1) is 10.1 Å². The number of hydrogen-bond acceptors (Lipinski definition) is 5. The highest BCUT2D eigenvalue weighted by Gasteiger charge is 2.16. The van der Waals surface area contributed by atoms with E-state index in [4.69, 9.17) is 0 Å². The summed E-state index contributed by atoms with van der Waals surface area (Å²) < 4.78 is 1.80. The van der Waals surface area contributed by atoms with Crippen molar-refractivity contribution in [3.63, 3.8) is 0 Å². The van der Waals surface area contributed by atoms with Crippen molar-refractivity contribution < 1.29 is 9.72 Å². The second-order valence-corrected chi connectivity index (χ2v) is 6.08. The fourth-order valence-corrected chi connectivity index (χ4v) is 2.94. The Hall–Kier alpha value is -4.07. The van der Waals surface area contributed by atoms with Crippen LogP contribution in [0.5, 0.6) is 0 Å². The van der Waals surface area contributed by atoms with E-state index in [1.807, 2.05) is 42.5 Å². The molecule has 1 amide bonds. The predicted molar refractivity (Wildman–Crippen MR) is 105 cm³/mol. The van der Waals surface area contributed by atoms with Crippen molar-refractivity contribution in [3.05, 3.63) is 83.0 Å². The highest BCUT2D eigenvalue weighted by Crippen LogP contribution is 2.23. The van der Waals surface area contributed by atoms with E-state index in [2.05, 4.69) is 15.3 Å². The van der Waals surface area contributed by atoms with E-state index in [0.29, 0.717) is 17.2 Å². The van der Waals surface area contributed by atoms with E-state index < -0.39 is 4.92 Å². The van der Waals surface area contributed by atoms with Gasteiger partial charge in [0.1, 0.15) is 12.2 Å². The van der Waals surface area contributed by atoms with Crippen LogP contribution in [0.4, 0.5) is 11.4 Å². The van der Waals surface area contributed by atoms with E-state index in [0.717, 1.165) is 11.0 Å². The van der Waals surface area contributed by atoms with Gasteiger partial charge in [-0.15, -0.1) is 0 Å². The maximum absolute atomic E-state index is 12.6. The molecule has 0 spiro atoms. The number of rotatable bonds is 5. The molecule has 0 aliphatic heterocycles. The zero-order valence-corrected chi connectivity index (χ0v) is 14.6. The van der Waals surface area contributed by atoms with Crippen LogP contribution in [-0.2, 0) is 11.3 Å². The van der Waals surface area contributed by atoms with Gasteiger partial charge >= 0.3 is 0 Å².